The second-order valence-electron chi connectivity index (χ2n) is 6.16. The molecule has 0 aliphatic carbocycles. The fraction of sp³-hybridized carbons (Fsp3) is 0.500. The Labute approximate surface area is 170 Å². The molecule has 2 rings (SSSR count). The Morgan fingerprint density at radius 2 is 1.89 bits per heavy atom. The normalized spacial score (nSPS) is 16.2. The summed E-state index contributed by atoms with van der Waals surface area (Å²) in [5, 5.41) is 9.21. The maximum absolute atomic E-state index is 12.6. The zero-order chi connectivity index (χ0) is 18.9. The van der Waals surface area contributed by atoms with E-state index in [1.165, 1.54) is 6.92 Å². The molecule has 1 heterocycles. The first-order valence-electron chi connectivity index (χ1n) is 8.74. The zero-order valence-electron chi connectivity index (χ0n) is 15.3. The predicted octanol–water partition coefficient (Wildman–Crippen LogP) is 1.27. The summed E-state index contributed by atoms with van der Waals surface area (Å²) in [5.41, 5.74) is 0.912. The molecule has 0 saturated carbocycles. The molecule has 1 saturated heterocycles. The van der Waals surface area contributed by atoms with Crippen molar-refractivity contribution in [1.82, 2.24) is 20.9 Å². The van der Waals surface area contributed by atoms with Crippen LogP contribution in [0, 0.1) is 0 Å². The first-order valence-corrected chi connectivity index (χ1v) is 9.12. The molecule has 1 aliphatic rings. The Hall–Kier alpha value is -1.83. The number of hydrogen-bond acceptors (Lipinski definition) is 4. The van der Waals surface area contributed by atoms with Gasteiger partial charge in [0.1, 0.15) is 0 Å². The van der Waals surface area contributed by atoms with E-state index in [0.29, 0.717) is 31.2 Å². The number of nitrogens with one attached hydrogen (secondary N) is 3. The average molecular weight is 417 g/mol. The summed E-state index contributed by atoms with van der Waals surface area (Å²) in [4.78, 5) is 37.0. The lowest BCUT2D eigenvalue weighted by Crippen LogP contribution is -2.49. The second kappa shape index (κ2) is 11.8. The topological polar surface area (TPSA) is 90.5 Å². The molecule has 3 amide bonds. The molecule has 7 nitrogen and oxygen atoms in total. The largest absolute Gasteiger partial charge is 0.355 e. The third-order valence-electron chi connectivity index (χ3n) is 4.22. The molecule has 1 aromatic carbocycles. The van der Waals surface area contributed by atoms with Crippen LogP contribution < -0.4 is 16.0 Å². The van der Waals surface area contributed by atoms with Gasteiger partial charge in [-0.25, -0.2) is 0 Å². The number of piperazine rings is 1. The number of nitrogens with zero attached hydrogens (tertiary/aromatic N) is 1. The highest BCUT2D eigenvalue weighted by molar-refractivity contribution is 6.31. The van der Waals surface area contributed by atoms with E-state index < -0.39 is 0 Å². The van der Waals surface area contributed by atoms with Gasteiger partial charge in [-0.1, -0.05) is 29.8 Å². The monoisotopic (exact) mass is 416 g/mol. The summed E-state index contributed by atoms with van der Waals surface area (Å²) in [5.74, 6) is -0.402. The van der Waals surface area contributed by atoms with Crippen molar-refractivity contribution >= 4 is 41.7 Å². The van der Waals surface area contributed by atoms with Crippen LogP contribution in [0.1, 0.15) is 31.4 Å². The molecule has 1 aliphatic heterocycles. The number of carbonyl (C=O) groups is 3. The van der Waals surface area contributed by atoms with Crippen molar-refractivity contribution in [3.63, 3.8) is 0 Å². The van der Waals surface area contributed by atoms with Gasteiger partial charge in [0.15, 0.2) is 0 Å². The van der Waals surface area contributed by atoms with Crippen LogP contribution in [-0.4, -0.2) is 55.3 Å². The Balaban J connectivity index is 0.00000364. The SMILES string of the molecule is CC(=O)NCCNC(=O)CCC(=O)N1CCNCC1c1ccccc1Cl.Cl. The summed E-state index contributed by atoms with van der Waals surface area (Å²) >= 11 is 6.29. The van der Waals surface area contributed by atoms with Crippen molar-refractivity contribution < 1.29 is 14.4 Å². The highest BCUT2D eigenvalue weighted by Gasteiger charge is 2.29. The van der Waals surface area contributed by atoms with Gasteiger partial charge in [-0.3, -0.25) is 14.4 Å². The lowest BCUT2D eigenvalue weighted by Gasteiger charge is -2.37. The van der Waals surface area contributed by atoms with Crippen LogP contribution in [0.5, 0.6) is 0 Å². The van der Waals surface area contributed by atoms with Gasteiger partial charge in [0.05, 0.1) is 6.04 Å². The molecule has 1 unspecified atom stereocenters. The van der Waals surface area contributed by atoms with Gasteiger partial charge in [0.25, 0.3) is 0 Å². The van der Waals surface area contributed by atoms with Crippen LogP contribution in [0.15, 0.2) is 24.3 Å². The third kappa shape index (κ3) is 7.36. The fourth-order valence-electron chi connectivity index (χ4n) is 2.92. The number of benzene rings is 1. The standard InChI is InChI=1S/C18H25ClN4O3.ClH/c1-13(24)21-8-9-22-17(25)6-7-18(26)23-11-10-20-12-16(23)14-4-2-3-5-15(14)19;/h2-5,16,20H,6-12H2,1H3,(H,21,24)(H,22,25);1H. The summed E-state index contributed by atoms with van der Waals surface area (Å²) in [7, 11) is 0. The Morgan fingerprint density at radius 3 is 2.59 bits per heavy atom. The number of halogens is 2. The minimum absolute atomic E-state index is 0. The highest BCUT2D eigenvalue weighted by atomic mass is 35.5. The van der Waals surface area contributed by atoms with Gasteiger partial charge in [0.2, 0.25) is 17.7 Å². The van der Waals surface area contributed by atoms with Gasteiger partial charge < -0.3 is 20.9 Å². The molecule has 9 heteroatoms. The van der Waals surface area contributed by atoms with Crippen LogP contribution in [-0.2, 0) is 14.4 Å². The van der Waals surface area contributed by atoms with E-state index in [1.807, 2.05) is 24.3 Å². The van der Waals surface area contributed by atoms with Crippen LogP contribution in [0.2, 0.25) is 5.02 Å². The van der Waals surface area contributed by atoms with Crippen molar-refractivity contribution in [3.05, 3.63) is 34.9 Å². The summed E-state index contributed by atoms with van der Waals surface area (Å²) in [6.45, 7) is 4.08. The molecular formula is C18H26Cl2N4O3. The van der Waals surface area contributed by atoms with E-state index in [2.05, 4.69) is 16.0 Å². The highest BCUT2D eigenvalue weighted by Crippen LogP contribution is 2.28. The maximum atomic E-state index is 12.6. The summed E-state index contributed by atoms with van der Waals surface area (Å²) < 4.78 is 0. The molecule has 3 N–H and O–H groups in total. The van der Waals surface area contributed by atoms with E-state index in [1.54, 1.807) is 4.90 Å². The molecule has 1 fully saturated rings. The van der Waals surface area contributed by atoms with Crippen molar-refractivity contribution in [2.45, 2.75) is 25.8 Å². The van der Waals surface area contributed by atoms with E-state index in [0.717, 1.165) is 12.1 Å². The minimum atomic E-state index is -0.201. The smallest absolute Gasteiger partial charge is 0.223 e. The first kappa shape index (κ1) is 23.2. The lowest BCUT2D eigenvalue weighted by atomic mass is 10.0. The Kier molecular flexibility index (Phi) is 10.1. The van der Waals surface area contributed by atoms with Gasteiger partial charge in [0, 0.05) is 57.5 Å². The quantitative estimate of drug-likeness (QED) is 0.583. The van der Waals surface area contributed by atoms with Crippen LogP contribution in [0.25, 0.3) is 0 Å². The Bertz CT molecular complexity index is 657. The molecule has 27 heavy (non-hydrogen) atoms. The van der Waals surface area contributed by atoms with E-state index in [-0.39, 0.29) is 49.0 Å². The van der Waals surface area contributed by atoms with Crippen molar-refractivity contribution in [2.24, 2.45) is 0 Å². The molecular weight excluding hydrogens is 391 g/mol. The molecule has 0 bridgehead atoms. The molecule has 150 valence electrons. The molecule has 1 atom stereocenters. The predicted molar refractivity (Wildman–Crippen MR) is 107 cm³/mol. The van der Waals surface area contributed by atoms with Gasteiger partial charge >= 0.3 is 0 Å². The molecule has 1 aromatic rings. The summed E-state index contributed by atoms with van der Waals surface area (Å²) in [6, 6.07) is 7.37. The Morgan fingerprint density at radius 1 is 1.19 bits per heavy atom. The number of carbonyl (C=O) groups excluding carboxylic acids is 3. The van der Waals surface area contributed by atoms with Gasteiger partial charge in [-0.2, -0.15) is 0 Å². The number of rotatable bonds is 7. The maximum Gasteiger partial charge on any atom is 0.223 e. The molecule has 0 radical (unpaired) electrons. The van der Waals surface area contributed by atoms with Crippen molar-refractivity contribution in [1.29, 1.82) is 0 Å². The van der Waals surface area contributed by atoms with Crippen LogP contribution in [0.4, 0.5) is 0 Å². The summed E-state index contributed by atoms with van der Waals surface area (Å²) in [6.07, 6.45) is 0.269. The average Bonchev–Trinajstić information content (AvgIpc) is 2.63. The van der Waals surface area contributed by atoms with Crippen LogP contribution >= 0.6 is 24.0 Å². The van der Waals surface area contributed by atoms with E-state index in [4.69, 9.17) is 11.6 Å². The van der Waals surface area contributed by atoms with Crippen LogP contribution in [0.3, 0.4) is 0 Å². The van der Waals surface area contributed by atoms with Gasteiger partial charge in [-0.05, 0) is 11.6 Å². The second-order valence-corrected chi connectivity index (χ2v) is 6.57. The van der Waals surface area contributed by atoms with E-state index >= 15 is 0 Å². The van der Waals surface area contributed by atoms with Crippen molar-refractivity contribution in [2.75, 3.05) is 32.7 Å². The third-order valence-corrected chi connectivity index (χ3v) is 4.56. The van der Waals surface area contributed by atoms with Crippen molar-refractivity contribution in [3.8, 4) is 0 Å². The first-order chi connectivity index (χ1) is 12.5. The zero-order valence-corrected chi connectivity index (χ0v) is 16.9. The van der Waals surface area contributed by atoms with Gasteiger partial charge in [-0.15, -0.1) is 12.4 Å². The molecule has 0 spiro atoms. The number of amides is 3. The molecule has 0 aromatic heterocycles. The minimum Gasteiger partial charge on any atom is -0.355 e. The van der Waals surface area contributed by atoms with E-state index in [9.17, 15) is 14.4 Å². The number of hydrogen-bond donors (Lipinski definition) is 3. The lowest BCUT2D eigenvalue weighted by molar-refractivity contribution is -0.136. The fourth-order valence-corrected chi connectivity index (χ4v) is 3.18.